The zero-order chi connectivity index (χ0) is 12.3. The molecule has 0 aliphatic rings. The van der Waals surface area contributed by atoms with Gasteiger partial charge in [-0.3, -0.25) is 4.79 Å². The SMILES string of the molecule is Cc1ccc(/C=C/C(=O)c2ccc(C)o2)cc1. The average molecular weight is 226 g/mol. The number of carbonyl (C=O) groups excluding carboxylic acids is 1. The quantitative estimate of drug-likeness (QED) is 0.588. The molecule has 0 radical (unpaired) electrons. The van der Waals surface area contributed by atoms with Crippen LogP contribution in [0.1, 0.15) is 27.4 Å². The number of allylic oxidation sites excluding steroid dienone is 1. The van der Waals surface area contributed by atoms with Crippen molar-refractivity contribution in [1.82, 2.24) is 0 Å². The van der Waals surface area contributed by atoms with Gasteiger partial charge in [-0.2, -0.15) is 0 Å². The van der Waals surface area contributed by atoms with Crippen molar-refractivity contribution >= 4 is 11.9 Å². The lowest BCUT2D eigenvalue weighted by Gasteiger charge is -1.94. The Hall–Kier alpha value is -2.09. The molecule has 1 aromatic heterocycles. The molecule has 1 heterocycles. The third kappa shape index (κ3) is 2.94. The first-order valence-electron chi connectivity index (χ1n) is 5.51. The number of carbonyl (C=O) groups is 1. The van der Waals surface area contributed by atoms with Crippen molar-refractivity contribution in [2.45, 2.75) is 13.8 Å². The van der Waals surface area contributed by atoms with Crippen molar-refractivity contribution in [2.24, 2.45) is 0 Å². The molecule has 2 aromatic rings. The number of aryl methyl sites for hydroxylation is 2. The third-order valence-corrected chi connectivity index (χ3v) is 2.49. The summed E-state index contributed by atoms with van der Waals surface area (Å²) in [5, 5.41) is 0. The van der Waals surface area contributed by atoms with Gasteiger partial charge >= 0.3 is 0 Å². The van der Waals surface area contributed by atoms with E-state index >= 15 is 0 Å². The van der Waals surface area contributed by atoms with Gasteiger partial charge in [-0.1, -0.05) is 35.9 Å². The fourth-order valence-corrected chi connectivity index (χ4v) is 1.50. The van der Waals surface area contributed by atoms with E-state index < -0.39 is 0 Å². The summed E-state index contributed by atoms with van der Waals surface area (Å²) in [7, 11) is 0. The second-order valence-electron chi connectivity index (χ2n) is 4.02. The van der Waals surface area contributed by atoms with Crippen LogP contribution in [0.3, 0.4) is 0 Å². The maximum absolute atomic E-state index is 11.7. The van der Waals surface area contributed by atoms with E-state index in [1.54, 1.807) is 18.2 Å². The van der Waals surface area contributed by atoms with Gasteiger partial charge < -0.3 is 4.42 Å². The highest BCUT2D eigenvalue weighted by Crippen LogP contribution is 2.10. The molecule has 1 aromatic carbocycles. The summed E-state index contributed by atoms with van der Waals surface area (Å²) in [5.74, 6) is 1.02. The minimum Gasteiger partial charge on any atom is -0.458 e. The van der Waals surface area contributed by atoms with Gasteiger partial charge in [0.25, 0.3) is 0 Å². The molecule has 0 aliphatic carbocycles. The Balaban J connectivity index is 2.10. The second kappa shape index (κ2) is 4.83. The molecular weight excluding hydrogens is 212 g/mol. The molecule has 0 fully saturated rings. The van der Waals surface area contributed by atoms with Crippen molar-refractivity contribution in [3.8, 4) is 0 Å². The summed E-state index contributed by atoms with van der Waals surface area (Å²) in [5.41, 5.74) is 2.21. The number of hydrogen-bond acceptors (Lipinski definition) is 2. The highest BCUT2D eigenvalue weighted by Gasteiger charge is 2.05. The zero-order valence-corrected chi connectivity index (χ0v) is 9.94. The standard InChI is InChI=1S/C15H14O2/c1-11-3-6-13(7-4-11)8-9-14(16)15-10-5-12(2)17-15/h3-10H,1-2H3/b9-8+. The number of ketones is 1. The van der Waals surface area contributed by atoms with E-state index in [9.17, 15) is 4.79 Å². The van der Waals surface area contributed by atoms with Gasteiger partial charge in [-0.25, -0.2) is 0 Å². The topological polar surface area (TPSA) is 30.2 Å². The lowest BCUT2D eigenvalue weighted by molar-refractivity contribution is 0.102. The fourth-order valence-electron chi connectivity index (χ4n) is 1.50. The molecule has 0 saturated carbocycles. The molecule has 2 nitrogen and oxygen atoms in total. The molecule has 0 amide bonds. The molecule has 0 spiro atoms. The summed E-state index contributed by atoms with van der Waals surface area (Å²) in [6.07, 6.45) is 3.32. The van der Waals surface area contributed by atoms with E-state index in [-0.39, 0.29) is 5.78 Å². The van der Waals surface area contributed by atoms with Crippen LogP contribution in [0.5, 0.6) is 0 Å². The smallest absolute Gasteiger partial charge is 0.221 e. The van der Waals surface area contributed by atoms with Crippen molar-refractivity contribution in [1.29, 1.82) is 0 Å². The molecule has 0 aliphatic heterocycles. The molecule has 0 bridgehead atoms. The first kappa shape index (κ1) is 11.4. The van der Waals surface area contributed by atoms with E-state index in [2.05, 4.69) is 0 Å². The Morgan fingerprint density at radius 1 is 1.06 bits per heavy atom. The van der Waals surface area contributed by atoms with Gasteiger partial charge in [0, 0.05) is 0 Å². The van der Waals surface area contributed by atoms with Gasteiger partial charge in [-0.05, 0) is 37.6 Å². The molecule has 0 atom stereocenters. The van der Waals surface area contributed by atoms with Gasteiger partial charge in [0.1, 0.15) is 5.76 Å². The zero-order valence-electron chi connectivity index (χ0n) is 9.94. The summed E-state index contributed by atoms with van der Waals surface area (Å²) in [4.78, 5) is 11.7. The van der Waals surface area contributed by atoms with Crippen LogP contribution in [-0.2, 0) is 0 Å². The van der Waals surface area contributed by atoms with Crippen molar-refractivity contribution < 1.29 is 9.21 Å². The van der Waals surface area contributed by atoms with Crippen LogP contribution in [0, 0.1) is 13.8 Å². The fraction of sp³-hybridized carbons (Fsp3) is 0.133. The molecular formula is C15H14O2. The molecule has 2 rings (SSSR count). The van der Waals surface area contributed by atoms with Crippen LogP contribution in [-0.4, -0.2) is 5.78 Å². The van der Waals surface area contributed by atoms with E-state index in [0.29, 0.717) is 5.76 Å². The van der Waals surface area contributed by atoms with E-state index in [4.69, 9.17) is 4.42 Å². The first-order chi connectivity index (χ1) is 8.15. The Labute approximate surface area is 101 Å². The van der Waals surface area contributed by atoms with Crippen molar-refractivity contribution in [3.63, 3.8) is 0 Å². The highest BCUT2D eigenvalue weighted by molar-refractivity contribution is 6.04. The lowest BCUT2D eigenvalue weighted by atomic mass is 10.1. The van der Waals surface area contributed by atoms with E-state index in [1.807, 2.05) is 38.1 Å². The molecule has 2 heteroatoms. The minimum atomic E-state index is -0.112. The Kier molecular flexibility index (Phi) is 3.24. The summed E-state index contributed by atoms with van der Waals surface area (Å²) in [6, 6.07) is 11.5. The van der Waals surface area contributed by atoms with Crippen LogP contribution >= 0.6 is 0 Å². The Morgan fingerprint density at radius 2 is 1.76 bits per heavy atom. The number of hydrogen-bond donors (Lipinski definition) is 0. The first-order valence-corrected chi connectivity index (χ1v) is 5.51. The van der Waals surface area contributed by atoms with Gasteiger partial charge in [0.05, 0.1) is 0 Å². The molecule has 17 heavy (non-hydrogen) atoms. The molecule has 0 saturated heterocycles. The maximum Gasteiger partial charge on any atom is 0.221 e. The van der Waals surface area contributed by atoms with Gasteiger partial charge in [0.2, 0.25) is 5.78 Å². The van der Waals surface area contributed by atoms with Gasteiger partial charge in [0.15, 0.2) is 5.76 Å². The second-order valence-corrected chi connectivity index (χ2v) is 4.02. The number of rotatable bonds is 3. The number of furan rings is 1. The highest BCUT2D eigenvalue weighted by atomic mass is 16.3. The minimum absolute atomic E-state index is 0.112. The van der Waals surface area contributed by atoms with Gasteiger partial charge in [-0.15, -0.1) is 0 Å². The molecule has 0 N–H and O–H groups in total. The normalized spacial score (nSPS) is 10.9. The van der Waals surface area contributed by atoms with Crippen molar-refractivity contribution in [2.75, 3.05) is 0 Å². The Morgan fingerprint density at radius 3 is 2.35 bits per heavy atom. The Bertz CT molecular complexity index is 545. The van der Waals surface area contributed by atoms with Crippen LogP contribution < -0.4 is 0 Å². The predicted octanol–water partition coefficient (Wildman–Crippen LogP) is 3.79. The molecule has 0 unspecified atom stereocenters. The number of benzene rings is 1. The van der Waals surface area contributed by atoms with Crippen LogP contribution in [0.2, 0.25) is 0 Å². The monoisotopic (exact) mass is 226 g/mol. The summed E-state index contributed by atoms with van der Waals surface area (Å²) < 4.78 is 5.25. The average Bonchev–Trinajstić information content (AvgIpc) is 2.75. The van der Waals surface area contributed by atoms with Crippen LogP contribution in [0.25, 0.3) is 6.08 Å². The summed E-state index contributed by atoms with van der Waals surface area (Å²) in [6.45, 7) is 3.85. The van der Waals surface area contributed by atoms with Crippen molar-refractivity contribution in [3.05, 3.63) is 65.1 Å². The predicted molar refractivity (Wildman–Crippen MR) is 68.0 cm³/mol. The lowest BCUT2D eigenvalue weighted by Crippen LogP contribution is -1.90. The van der Waals surface area contributed by atoms with E-state index in [0.717, 1.165) is 11.3 Å². The summed E-state index contributed by atoms with van der Waals surface area (Å²) >= 11 is 0. The van der Waals surface area contributed by atoms with Crippen LogP contribution in [0.4, 0.5) is 0 Å². The van der Waals surface area contributed by atoms with Crippen LogP contribution in [0.15, 0.2) is 46.9 Å². The molecule has 86 valence electrons. The largest absolute Gasteiger partial charge is 0.458 e. The van der Waals surface area contributed by atoms with E-state index in [1.165, 1.54) is 11.6 Å². The third-order valence-electron chi connectivity index (χ3n) is 2.49. The maximum atomic E-state index is 11.7.